The predicted molar refractivity (Wildman–Crippen MR) is 112 cm³/mol. The molecule has 1 amide bonds. The van der Waals surface area contributed by atoms with Crippen LogP contribution < -0.4 is 5.32 Å². The number of nitrogens with one attached hydrogen (secondary N) is 1. The molecule has 4 heterocycles. The molecule has 0 unspecified atom stereocenters. The topological polar surface area (TPSA) is 54.5 Å². The molecule has 5 nitrogen and oxygen atoms in total. The molecule has 2 bridgehead atoms. The van der Waals surface area contributed by atoms with Crippen LogP contribution in [0, 0.1) is 5.41 Å². The number of piperidine rings is 3. The first kappa shape index (κ1) is 22.2. The summed E-state index contributed by atoms with van der Waals surface area (Å²) in [6, 6.07) is 6.79. The summed E-state index contributed by atoms with van der Waals surface area (Å²) >= 11 is 6.85. The van der Waals surface area contributed by atoms with Crippen molar-refractivity contribution in [2.75, 3.05) is 31.6 Å². The molecule has 158 valence electrons. The minimum absolute atomic E-state index is 0. The van der Waals surface area contributed by atoms with Gasteiger partial charge in [-0.3, -0.25) is 5.32 Å². The molecule has 3 saturated heterocycles. The van der Waals surface area contributed by atoms with Crippen LogP contribution in [0.4, 0.5) is 19.4 Å². The highest BCUT2D eigenvalue weighted by molar-refractivity contribution is 7.15. The Balaban J connectivity index is 0.00000240. The summed E-state index contributed by atoms with van der Waals surface area (Å²) in [6.45, 7) is 3.44. The lowest BCUT2D eigenvalue weighted by molar-refractivity contribution is -0.0190. The van der Waals surface area contributed by atoms with E-state index in [2.05, 4.69) is 15.2 Å². The Morgan fingerprint density at radius 1 is 1.31 bits per heavy atom. The molecule has 1 aromatic carbocycles. The van der Waals surface area contributed by atoms with E-state index in [9.17, 15) is 13.6 Å². The number of thiazole rings is 1. The third-order valence-corrected chi connectivity index (χ3v) is 6.87. The number of halogens is 4. The van der Waals surface area contributed by atoms with E-state index in [-0.39, 0.29) is 28.6 Å². The summed E-state index contributed by atoms with van der Waals surface area (Å²) in [6.07, 6.45) is -0.349. The highest BCUT2D eigenvalue weighted by atomic mass is 35.5. The maximum Gasteiger partial charge on any atom is 0.412 e. The number of nitrogens with zero attached hydrogens (tertiary/aromatic N) is 2. The summed E-state index contributed by atoms with van der Waals surface area (Å²) < 4.78 is 31.8. The number of aromatic nitrogens is 1. The van der Waals surface area contributed by atoms with E-state index < -0.39 is 12.5 Å². The van der Waals surface area contributed by atoms with Gasteiger partial charge in [-0.1, -0.05) is 23.7 Å². The van der Waals surface area contributed by atoms with Gasteiger partial charge in [0.05, 0.1) is 11.5 Å². The van der Waals surface area contributed by atoms with E-state index >= 15 is 0 Å². The fraction of sp³-hybridized carbons (Fsp3) is 0.474. The Labute approximate surface area is 182 Å². The van der Waals surface area contributed by atoms with Gasteiger partial charge in [0.25, 0.3) is 6.43 Å². The van der Waals surface area contributed by atoms with Gasteiger partial charge in [0.15, 0.2) is 10.8 Å². The maximum atomic E-state index is 13.2. The van der Waals surface area contributed by atoms with Gasteiger partial charge in [0, 0.05) is 10.4 Å². The van der Waals surface area contributed by atoms with Crippen LogP contribution in [0.25, 0.3) is 10.4 Å². The Morgan fingerprint density at radius 2 is 2.00 bits per heavy atom. The van der Waals surface area contributed by atoms with Crippen molar-refractivity contribution in [1.82, 2.24) is 9.88 Å². The van der Waals surface area contributed by atoms with E-state index in [0.29, 0.717) is 22.1 Å². The second-order valence-electron chi connectivity index (χ2n) is 7.33. The largest absolute Gasteiger partial charge is 0.449 e. The molecule has 29 heavy (non-hydrogen) atoms. The van der Waals surface area contributed by atoms with Crippen molar-refractivity contribution in [3.63, 3.8) is 0 Å². The Bertz CT molecular complexity index is 859. The molecule has 0 aliphatic carbocycles. The zero-order valence-electron chi connectivity index (χ0n) is 15.5. The Kier molecular flexibility index (Phi) is 6.98. The molecular weight excluding hydrogens is 443 g/mol. The fourth-order valence-electron chi connectivity index (χ4n) is 3.80. The first-order valence-electron chi connectivity index (χ1n) is 9.15. The van der Waals surface area contributed by atoms with Crippen LogP contribution in [-0.4, -0.2) is 42.2 Å². The Morgan fingerprint density at radius 3 is 2.62 bits per heavy atom. The molecule has 5 rings (SSSR count). The SMILES string of the molecule is Cl.O=C(Nc1nc(C(F)F)sc1-c1cccc(Cl)c1)OCC12CCN(CC1)CC2. The average Bonchev–Trinajstić information content (AvgIpc) is 3.12. The monoisotopic (exact) mass is 463 g/mol. The molecule has 3 fully saturated rings. The first-order valence-corrected chi connectivity index (χ1v) is 10.3. The third kappa shape index (κ3) is 4.99. The van der Waals surface area contributed by atoms with Gasteiger partial charge in [-0.2, -0.15) is 0 Å². The number of anilines is 1. The first-order chi connectivity index (χ1) is 13.4. The lowest BCUT2D eigenvalue weighted by Gasteiger charge is -2.47. The van der Waals surface area contributed by atoms with Gasteiger partial charge in [-0.05, 0) is 56.6 Å². The molecule has 0 atom stereocenters. The number of carbonyl (C=O) groups excluding carboxylic acids is 1. The lowest BCUT2D eigenvalue weighted by atomic mass is 9.73. The molecule has 3 aliphatic rings. The van der Waals surface area contributed by atoms with Gasteiger partial charge < -0.3 is 9.64 Å². The lowest BCUT2D eigenvalue weighted by Crippen LogP contribution is -2.50. The minimum Gasteiger partial charge on any atom is -0.449 e. The van der Waals surface area contributed by atoms with Crippen molar-refractivity contribution >= 4 is 47.3 Å². The summed E-state index contributed by atoms with van der Waals surface area (Å²) in [4.78, 5) is 19.1. The highest BCUT2D eigenvalue weighted by Gasteiger charge is 2.40. The zero-order chi connectivity index (χ0) is 19.7. The summed E-state index contributed by atoms with van der Waals surface area (Å²) in [5.74, 6) is 0.0727. The number of fused-ring (bicyclic) bond motifs is 3. The predicted octanol–water partition coefficient (Wildman–Crippen LogP) is 5.86. The number of hydrogen-bond acceptors (Lipinski definition) is 5. The second kappa shape index (κ2) is 9.12. The van der Waals surface area contributed by atoms with Crippen LogP contribution in [-0.2, 0) is 4.74 Å². The van der Waals surface area contributed by atoms with Crippen molar-refractivity contribution in [1.29, 1.82) is 0 Å². The quantitative estimate of drug-likeness (QED) is 0.603. The van der Waals surface area contributed by atoms with Gasteiger partial charge in [0.2, 0.25) is 0 Å². The van der Waals surface area contributed by atoms with Crippen molar-refractivity contribution in [2.45, 2.75) is 25.7 Å². The Hall–Kier alpha value is -1.48. The number of hydrogen-bond donors (Lipinski definition) is 1. The molecule has 2 aromatic rings. The standard InChI is InChI=1S/C19H20ClF2N3O2S.ClH/c20-13-3-1-2-12(10-13)14-16(23-17(28-14)15(21)22)24-18(26)27-11-19-4-7-25(8-5-19)9-6-19;/h1-3,10,15H,4-9,11H2,(H,24,26);1H. The van der Waals surface area contributed by atoms with Crippen LogP contribution in [0.2, 0.25) is 5.02 Å². The molecular formula is C19H21Cl2F2N3O2S. The van der Waals surface area contributed by atoms with Gasteiger partial charge in [0.1, 0.15) is 0 Å². The summed E-state index contributed by atoms with van der Waals surface area (Å²) in [7, 11) is 0. The number of rotatable bonds is 5. The van der Waals surface area contributed by atoms with E-state index in [1.807, 2.05) is 0 Å². The molecule has 0 saturated carbocycles. The molecule has 10 heteroatoms. The van der Waals surface area contributed by atoms with Crippen LogP contribution in [0.1, 0.15) is 30.7 Å². The average molecular weight is 464 g/mol. The number of carbonyl (C=O) groups is 1. The minimum atomic E-state index is -2.72. The number of amides is 1. The van der Waals surface area contributed by atoms with Crippen molar-refractivity contribution in [3.8, 4) is 10.4 Å². The van der Waals surface area contributed by atoms with E-state index in [1.54, 1.807) is 24.3 Å². The molecule has 1 N–H and O–H groups in total. The van der Waals surface area contributed by atoms with Crippen LogP contribution in [0.15, 0.2) is 24.3 Å². The van der Waals surface area contributed by atoms with Crippen LogP contribution in [0.5, 0.6) is 0 Å². The molecule has 0 radical (unpaired) electrons. The van der Waals surface area contributed by atoms with E-state index in [4.69, 9.17) is 16.3 Å². The smallest absolute Gasteiger partial charge is 0.412 e. The normalized spacial score (nSPS) is 23.0. The van der Waals surface area contributed by atoms with Crippen LogP contribution >= 0.6 is 35.3 Å². The number of benzene rings is 1. The van der Waals surface area contributed by atoms with Gasteiger partial charge in [-0.15, -0.1) is 23.7 Å². The van der Waals surface area contributed by atoms with E-state index in [1.165, 1.54) is 0 Å². The fourth-order valence-corrected chi connectivity index (χ4v) is 4.87. The van der Waals surface area contributed by atoms with Gasteiger partial charge >= 0.3 is 6.09 Å². The maximum absolute atomic E-state index is 13.2. The third-order valence-electron chi connectivity index (χ3n) is 5.52. The highest BCUT2D eigenvalue weighted by Crippen LogP contribution is 2.41. The summed E-state index contributed by atoms with van der Waals surface area (Å²) in [5, 5.41) is 2.66. The summed E-state index contributed by atoms with van der Waals surface area (Å²) in [5.41, 5.74) is 0.656. The van der Waals surface area contributed by atoms with Crippen molar-refractivity contribution in [3.05, 3.63) is 34.3 Å². The number of alkyl halides is 2. The molecule has 3 aliphatic heterocycles. The molecule has 0 spiro atoms. The van der Waals surface area contributed by atoms with E-state index in [0.717, 1.165) is 50.2 Å². The second-order valence-corrected chi connectivity index (χ2v) is 8.80. The molecule has 1 aromatic heterocycles. The van der Waals surface area contributed by atoms with Gasteiger partial charge in [-0.25, -0.2) is 18.6 Å². The zero-order valence-corrected chi connectivity index (χ0v) is 17.9. The van der Waals surface area contributed by atoms with Crippen molar-refractivity contribution < 1.29 is 18.3 Å². The van der Waals surface area contributed by atoms with Crippen LogP contribution in [0.3, 0.4) is 0 Å². The van der Waals surface area contributed by atoms with Crippen molar-refractivity contribution in [2.24, 2.45) is 5.41 Å². The number of ether oxygens (including phenoxy) is 1.